The Morgan fingerprint density at radius 1 is 1.28 bits per heavy atom. The van der Waals surface area contributed by atoms with Gasteiger partial charge in [-0.3, -0.25) is 0 Å². The summed E-state index contributed by atoms with van der Waals surface area (Å²) in [5, 5.41) is 7.45. The molecule has 0 atom stereocenters. The van der Waals surface area contributed by atoms with Crippen molar-refractivity contribution < 1.29 is 14.3 Å². The summed E-state index contributed by atoms with van der Waals surface area (Å²) in [6.45, 7) is 2.70. The van der Waals surface area contributed by atoms with Gasteiger partial charge in [0, 0.05) is 11.4 Å². The number of rotatable bonds is 7. The molecule has 2 aromatic rings. The van der Waals surface area contributed by atoms with Crippen LogP contribution < -0.4 is 15.4 Å². The number of hydrogen-bond acceptors (Lipinski definition) is 5. The van der Waals surface area contributed by atoms with Crippen molar-refractivity contribution in [1.82, 2.24) is 5.32 Å². The van der Waals surface area contributed by atoms with Crippen LogP contribution in [0.3, 0.4) is 0 Å². The third-order valence-corrected chi connectivity index (χ3v) is 5.08. The van der Waals surface area contributed by atoms with Crippen LogP contribution in [0.4, 0.5) is 5.00 Å². The first-order chi connectivity index (χ1) is 12.1. The van der Waals surface area contributed by atoms with Gasteiger partial charge < -0.3 is 20.1 Å². The van der Waals surface area contributed by atoms with E-state index in [-0.39, 0.29) is 5.97 Å². The number of carbonyl (C=O) groups is 1. The Morgan fingerprint density at radius 2 is 2.04 bits per heavy atom. The highest BCUT2D eigenvalue weighted by Gasteiger charge is 2.17. The van der Waals surface area contributed by atoms with Crippen molar-refractivity contribution in [3.05, 3.63) is 46.3 Å². The van der Waals surface area contributed by atoms with Crippen LogP contribution in [0.1, 0.15) is 27.7 Å². The second-order valence-corrected chi connectivity index (χ2v) is 6.79. The molecule has 0 radical (unpaired) electrons. The number of carbonyl (C=O) groups excluding carboxylic acids is 1. The third kappa shape index (κ3) is 5.17. The van der Waals surface area contributed by atoms with Crippen LogP contribution in [-0.4, -0.2) is 31.8 Å². The molecule has 0 fully saturated rings. The summed E-state index contributed by atoms with van der Waals surface area (Å²) in [4.78, 5) is 13.0. The number of para-hydroxylation sites is 1. The van der Waals surface area contributed by atoms with Gasteiger partial charge in [0.1, 0.15) is 10.8 Å². The van der Waals surface area contributed by atoms with Gasteiger partial charge in [-0.2, -0.15) is 0 Å². The average Bonchev–Trinajstić information content (AvgIpc) is 3.04. The predicted molar refractivity (Wildman–Crippen MR) is 106 cm³/mol. The van der Waals surface area contributed by atoms with Gasteiger partial charge in [-0.1, -0.05) is 25.1 Å². The van der Waals surface area contributed by atoms with Crippen molar-refractivity contribution in [2.45, 2.75) is 19.8 Å². The van der Waals surface area contributed by atoms with E-state index in [2.05, 4.69) is 10.6 Å². The van der Waals surface area contributed by atoms with Gasteiger partial charge in [0.2, 0.25) is 0 Å². The van der Waals surface area contributed by atoms with E-state index in [0.29, 0.717) is 22.2 Å². The number of anilines is 1. The van der Waals surface area contributed by atoms with Gasteiger partial charge in [0.05, 0.1) is 19.8 Å². The van der Waals surface area contributed by atoms with Crippen LogP contribution >= 0.6 is 23.6 Å². The molecule has 0 aliphatic rings. The predicted octanol–water partition coefficient (Wildman–Crippen LogP) is 3.63. The monoisotopic (exact) mass is 378 g/mol. The Kier molecular flexibility index (Phi) is 7.21. The van der Waals surface area contributed by atoms with Gasteiger partial charge in [-0.15, -0.1) is 11.3 Å². The van der Waals surface area contributed by atoms with E-state index in [9.17, 15) is 4.79 Å². The largest absolute Gasteiger partial charge is 0.496 e. The van der Waals surface area contributed by atoms with E-state index in [1.807, 2.05) is 37.3 Å². The summed E-state index contributed by atoms with van der Waals surface area (Å²) >= 11 is 6.85. The van der Waals surface area contributed by atoms with Crippen molar-refractivity contribution >= 4 is 39.6 Å². The van der Waals surface area contributed by atoms with Crippen LogP contribution in [0.2, 0.25) is 0 Å². The molecule has 0 saturated heterocycles. The first kappa shape index (κ1) is 19.2. The van der Waals surface area contributed by atoms with Gasteiger partial charge in [-0.05, 0) is 42.8 Å². The van der Waals surface area contributed by atoms with Crippen LogP contribution in [0.25, 0.3) is 0 Å². The molecule has 0 saturated carbocycles. The van der Waals surface area contributed by atoms with E-state index in [0.717, 1.165) is 29.0 Å². The highest BCUT2D eigenvalue weighted by Crippen LogP contribution is 2.29. The summed E-state index contributed by atoms with van der Waals surface area (Å²) in [5.74, 6) is 0.497. The van der Waals surface area contributed by atoms with E-state index in [4.69, 9.17) is 21.7 Å². The first-order valence-corrected chi connectivity index (χ1v) is 9.19. The normalized spacial score (nSPS) is 10.2. The lowest BCUT2D eigenvalue weighted by atomic mass is 10.1. The van der Waals surface area contributed by atoms with E-state index < -0.39 is 0 Å². The molecule has 1 heterocycles. The number of benzene rings is 1. The molecule has 0 bridgehead atoms. The number of thiophene rings is 1. The Morgan fingerprint density at radius 3 is 2.72 bits per heavy atom. The first-order valence-electron chi connectivity index (χ1n) is 7.96. The molecule has 1 aromatic heterocycles. The lowest BCUT2D eigenvalue weighted by Gasteiger charge is -2.12. The van der Waals surface area contributed by atoms with E-state index >= 15 is 0 Å². The molecular formula is C18H22N2O3S2. The molecule has 0 spiro atoms. The minimum atomic E-state index is -0.365. The second-order valence-electron chi connectivity index (χ2n) is 5.24. The maximum atomic E-state index is 11.9. The number of ether oxygens (including phenoxy) is 2. The zero-order valence-electron chi connectivity index (χ0n) is 14.5. The van der Waals surface area contributed by atoms with Gasteiger partial charge in [0.15, 0.2) is 5.11 Å². The van der Waals surface area contributed by atoms with E-state index in [1.54, 1.807) is 7.11 Å². The third-order valence-electron chi connectivity index (χ3n) is 3.64. The highest BCUT2D eigenvalue weighted by molar-refractivity contribution is 7.80. The Hall–Kier alpha value is -2.12. The summed E-state index contributed by atoms with van der Waals surface area (Å²) in [6, 6.07) is 9.73. The lowest BCUT2D eigenvalue weighted by Crippen LogP contribution is -2.30. The molecule has 134 valence electrons. The van der Waals surface area contributed by atoms with Crippen molar-refractivity contribution in [2.75, 3.05) is 26.1 Å². The zero-order valence-corrected chi connectivity index (χ0v) is 16.2. The number of thiocarbonyl (C=S) groups is 1. The fraction of sp³-hybridized carbons (Fsp3) is 0.333. The molecule has 25 heavy (non-hydrogen) atoms. The maximum Gasteiger partial charge on any atom is 0.340 e. The van der Waals surface area contributed by atoms with Crippen LogP contribution in [0, 0.1) is 0 Å². The Labute approximate surface area is 157 Å². The number of nitrogens with one attached hydrogen (secondary N) is 2. The summed E-state index contributed by atoms with van der Waals surface area (Å²) in [6.07, 6.45) is 1.63. The van der Waals surface area contributed by atoms with Crippen LogP contribution in [0.5, 0.6) is 5.75 Å². The van der Waals surface area contributed by atoms with Gasteiger partial charge in [0.25, 0.3) is 0 Å². The summed E-state index contributed by atoms with van der Waals surface area (Å²) in [7, 11) is 3.04. The smallest absolute Gasteiger partial charge is 0.340 e. The molecule has 2 rings (SSSR count). The topological polar surface area (TPSA) is 59.6 Å². The highest BCUT2D eigenvalue weighted by atomic mass is 32.1. The SMILES string of the molecule is CCc1cc(C(=O)OC)c(NC(=S)NCCc2ccccc2OC)s1. The van der Waals surface area contributed by atoms with Crippen LogP contribution in [-0.2, 0) is 17.6 Å². The minimum absolute atomic E-state index is 0.365. The fourth-order valence-corrected chi connectivity index (χ4v) is 3.60. The Balaban J connectivity index is 1.94. The molecule has 7 heteroatoms. The molecule has 0 unspecified atom stereocenters. The van der Waals surface area contributed by atoms with Crippen molar-refractivity contribution in [2.24, 2.45) is 0 Å². The quantitative estimate of drug-likeness (QED) is 0.567. The van der Waals surface area contributed by atoms with Crippen molar-refractivity contribution in [3.8, 4) is 5.75 Å². The minimum Gasteiger partial charge on any atom is -0.496 e. The molecule has 0 aliphatic carbocycles. The molecule has 0 aliphatic heterocycles. The molecular weight excluding hydrogens is 356 g/mol. The van der Waals surface area contributed by atoms with Gasteiger partial charge in [-0.25, -0.2) is 4.79 Å². The number of hydrogen-bond donors (Lipinski definition) is 2. The van der Waals surface area contributed by atoms with Crippen molar-refractivity contribution in [1.29, 1.82) is 0 Å². The summed E-state index contributed by atoms with van der Waals surface area (Å²) < 4.78 is 10.2. The molecule has 5 nitrogen and oxygen atoms in total. The number of aryl methyl sites for hydroxylation is 1. The number of esters is 1. The Bertz CT molecular complexity index is 744. The van der Waals surface area contributed by atoms with Crippen LogP contribution in [0.15, 0.2) is 30.3 Å². The standard InChI is InChI=1S/C18H22N2O3S2/c1-4-13-11-14(17(21)23-3)16(25-13)20-18(24)19-10-9-12-7-5-6-8-15(12)22-2/h5-8,11H,4,9-10H2,1-3H3,(H2,19,20,24). The molecule has 2 N–H and O–H groups in total. The molecule has 1 aromatic carbocycles. The summed E-state index contributed by atoms with van der Waals surface area (Å²) in [5.41, 5.74) is 1.62. The maximum absolute atomic E-state index is 11.9. The fourth-order valence-electron chi connectivity index (χ4n) is 2.34. The van der Waals surface area contributed by atoms with Crippen molar-refractivity contribution in [3.63, 3.8) is 0 Å². The number of methoxy groups -OCH3 is 2. The average molecular weight is 379 g/mol. The molecule has 0 amide bonds. The lowest BCUT2D eigenvalue weighted by molar-refractivity contribution is 0.0602. The zero-order chi connectivity index (χ0) is 18.2. The van der Waals surface area contributed by atoms with Gasteiger partial charge >= 0.3 is 5.97 Å². The van der Waals surface area contributed by atoms with E-state index in [1.165, 1.54) is 18.4 Å². The second kappa shape index (κ2) is 9.39.